The van der Waals surface area contributed by atoms with Crippen molar-refractivity contribution in [2.24, 2.45) is 0 Å². The van der Waals surface area contributed by atoms with Crippen LogP contribution < -0.4 is 0 Å². The van der Waals surface area contributed by atoms with Crippen molar-refractivity contribution >= 4 is 22.7 Å². The SMILES string of the molecule is CCOC(=O)CN(CCOC)CC(=O)c1c[nH]c2ccccc12. The number of hydrogen-bond donors (Lipinski definition) is 1. The Kier molecular flexibility index (Phi) is 6.31. The number of nitrogens with zero attached hydrogens (tertiary/aromatic N) is 1. The second kappa shape index (κ2) is 8.45. The van der Waals surface area contributed by atoms with Crippen molar-refractivity contribution in [1.29, 1.82) is 0 Å². The van der Waals surface area contributed by atoms with E-state index in [1.807, 2.05) is 24.3 Å². The quantitative estimate of drug-likeness (QED) is 0.564. The van der Waals surface area contributed by atoms with Crippen LogP contribution in [0.3, 0.4) is 0 Å². The summed E-state index contributed by atoms with van der Waals surface area (Å²) < 4.78 is 10.0. The average molecular weight is 318 g/mol. The number of rotatable bonds is 9. The van der Waals surface area contributed by atoms with Crippen LogP contribution in [0, 0.1) is 0 Å². The maximum Gasteiger partial charge on any atom is 0.320 e. The number of nitrogens with one attached hydrogen (secondary N) is 1. The number of esters is 1. The third-order valence-corrected chi connectivity index (χ3v) is 3.53. The Morgan fingerprint density at radius 1 is 1.22 bits per heavy atom. The molecule has 1 heterocycles. The first-order valence-electron chi connectivity index (χ1n) is 7.62. The predicted octanol–water partition coefficient (Wildman–Crippen LogP) is 1.86. The average Bonchev–Trinajstić information content (AvgIpc) is 2.97. The summed E-state index contributed by atoms with van der Waals surface area (Å²) in [6.07, 6.45) is 1.71. The Hall–Kier alpha value is -2.18. The molecule has 6 nitrogen and oxygen atoms in total. The molecule has 2 aromatic rings. The maximum absolute atomic E-state index is 12.6. The summed E-state index contributed by atoms with van der Waals surface area (Å²) in [5.74, 6) is -0.377. The number of ketones is 1. The molecule has 0 aliphatic heterocycles. The number of aromatic amines is 1. The summed E-state index contributed by atoms with van der Waals surface area (Å²) >= 11 is 0. The number of hydrogen-bond acceptors (Lipinski definition) is 5. The van der Waals surface area contributed by atoms with E-state index in [1.165, 1.54) is 0 Å². The molecule has 6 heteroatoms. The van der Waals surface area contributed by atoms with Crippen molar-refractivity contribution in [3.8, 4) is 0 Å². The number of carbonyl (C=O) groups excluding carboxylic acids is 2. The van der Waals surface area contributed by atoms with E-state index >= 15 is 0 Å². The molecule has 23 heavy (non-hydrogen) atoms. The van der Waals surface area contributed by atoms with Gasteiger partial charge in [0, 0.05) is 36.3 Å². The number of benzene rings is 1. The van der Waals surface area contributed by atoms with E-state index in [0.717, 1.165) is 10.9 Å². The van der Waals surface area contributed by atoms with Gasteiger partial charge in [-0.05, 0) is 13.0 Å². The molecule has 1 aromatic heterocycles. The molecular weight excluding hydrogens is 296 g/mol. The highest BCUT2D eigenvalue weighted by molar-refractivity contribution is 6.08. The van der Waals surface area contributed by atoms with Crippen molar-refractivity contribution in [2.45, 2.75) is 6.92 Å². The van der Waals surface area contributed by atoms with Crippen LogP contribution in [-0.4, -0.2) is 61.6 Å². The maximum atomic E-state index is 12.6. The number of ether oxygens (including phenoxy) is 2. The summed E-state index contributed by atoms with van der Waals surface area (Å²) in [6, 6.07) is 7.64. The molecule has 0 fully saturated rings. The van der Waals surface area contributed by atoms with Crippen molar-refractivity contribution in [2.75, 3.05) is 40.0 Å². The molecule has 1 N–H and O–H groups in total. The van der Waals surface area contributed by atoms with Crippen molar-refractivity contribution < 1.29 is 19.1 Å². The molecule has 0 aliphatic carbocycles. The first-order chi connectivity index (χ1) is 11.2. The number of carbonyl (C=O) groups is 2. The van der Waals surface area contributed by atoms with E-state index in [2.05, 4.69) is 4.98 Å². The monoisotopic (exact) mass is 318 g/mol. The highest BCUT2D eigenvalue weighted by Crippen LogP contribution is 2.18. The van der Waals surface area contributed by atoms with Crippen LogP contribution in [0.1, 0.15) is 17.3 Å². The zero-order chi connectivity index (χ0) is 16.7. The first-order valence-corrected chi connectivity index (χ1v) is 7.62. The topological polar surface area (TPSA) is 71.6 Å². The molecule has 0 saturated heterocycles. The molecule has 0 unspecified atom stereocenters. The Morgan fingerprint density at radius 2 is 2.00 bits per heavy atom. The lowest BCUT2D eigenvalue weighted by Crippen LogP contribution is -2.37. The van der Waals surface area contributed by atoms with Gasteiger partial charge in [-0.25, -0.2) is 0 Å². The molecule has 1 aromatic carbocycles. The van der Waals surface area contributed by atoms with Crippen molar-refractivity contribution in [3.05, 3.63) is 36.0 Å². The second-order valence-electron chi connectivity index (χ2n) is 5.18. The fourth-order valence-electron chi connectivity index (χ4n) is 2.41. The summed E-state index contributed by atoms with van der Waals surface area (Å²) in [6.45, 7) is 3.24. The lowest BCUT2D eigenvalue weighted by molar-refractivity contribution is -0.144. The predicted molar refractivity (Wildman–Crippen MR) is 87.6 cm³/mol. The highest BCUT2D eigenvalue weighted by atomic mass is 16.5. The number of methoxy groups -OCH3 is 1. The fourth-order valence-corrected chi connectivity index (χ4v) is 2.41. The smallest absolute Gasteiger partial charge is 0.320 e. The van der Waals surface area contributed by atoms with Crippen LogP contribution in [0.15, 0.2) is 30.5 Å². The summed E-state index contributed by atoms with van der Waals surface area (Å²) in [5, 5.41) is 0.889. The van der Waals surface area contributed by atoms with Gasteiger partial charge in [0.15, 0.2) is 5.78 Å². The third kappa shape index (κ3) is 4.64. The molecule has 0 saturated carbocycles. The van der Waals surface area contributed by atoms with Crippen LogP contribution in [0.4, 0.5) is 0 Å². The van der Waals surface area contributed by atoms with E-state index in [4.69, 9.17) is 9.47 Å². The van der Waals surface area contributed by atoms with Gasteiger partial charge in [0.1, 0.15) is 0 Å². The van der Waals surface area contributed by atoms with Gasteiger partial charge in [-0.1, -0.05) is 18.2 Å². The van der Waals surface area contributed by atoms with E-state index < -0.39 is 0 Å². The number of fused-ring (bicyclic) bond motifs is 1. The normalized spacial score (nSPS) is 11.1. The van der Waals surface area contributed by atoms with Gasteiger partial charge in [-0.3, -0.25) is 14.5 Å². The number of para-hydroxylation sites is 1. The first kappa shape index (κ1) is 17.2. The molecule has 0 spiro atoms. The minimum absolute atomic E-state index is 0.0390. The van der Waals surface area contributed by atoms with Crippen LogP contribution in [0.5, 0.6) is 0 Å². The molecule has 0 atom stereocenters. The van der Waals surface area contributed by atoms with Crippen LogP contribution in [0.2, 0.25) is 0 Å². The Labute approximate surface area is 135 Å². The summed E-state index contributed by atoms with van der Waals surface area (Å²) in [4.78, 5) is 29.1. The molecule has 0 radical (unpaired) electrons. The summed E-state index contributed by atoms with van der Waals surface area (Å²) in [5.41, 5.74) is 1.55. The van der Waals surface area contributed by atoms with Crippen molar-refractivity contribution in [3.63, 3.8) is 0 Å². The molecular formula is C17H22N2O4. The number of Topliss-reactive ketones (excluding diaryl/α,β-unsaturated/α-hetero) is 1. The number of H-pyrrole nitrogens is 1. The summed E-state index contributed by atoms with van der Waals surface area (Å²) in [7, 11) is 1.59. The Balaban J connectivity index is 2.08. The zero-order valence-electron chi connectivity index (χ0n) is 13.5. The zero-order valence-corrected chi connectivity index (χ0v) is 13.5. The molecule has 0 aliphatic rings. The van der Waals surface area contributed by atoms with E-state index in [0.29, 0.717) is 25.3 Å². The van der Waals surface area contributed by atoms with Gasteiger partial charge in [0.25, 0.3) is 0 Å². The van der Waals surface area contributed by atoms with Gasteiger partial charge in [0.2, 0.25) is 0 Å². The van der Waals surface area contributed by atoms with E-state index in [9.17, 15) is 9.59 Å². The lowest BCUT2D eigenvalue weighted by atomic mass is 10.1. The molecule has 0 amide bonds. The van der Waals surface area contributed by atoms with Gasteiger partial charge >= 0.3 is 5.97 Å². The van der Waals surface area contributed by atoms with Crippen LogP contribution in [-0.2, 0) is 14.3 Å². The van der Waals surface area contributed by atoms with Gasteiger partial charge in [-0.15, -0.1) is 0 Å². The van der Waals surface area contributed by atoms with Crippen LogP contribution >= 0.6 is 0 Å². The van der Waals surface area contributed by atoms with E-state index in [1.54, 1.807) is 25.1 Å². The Morgan fingerprint density at radius 3 is 2.74 bits per heavy atom. The minimum atomic E-state index is -0.338. The molecule has 124 valence electrons. The Bertz CT molecular complexity index is 665. The van der Waals surface area contributed by atoms with Crippen molar-refractivity contribution in [1.82, 2.24) is 9.88 Å². The largest absolute Gasteiger partial charge is 0.465 e. The molecule has 0 bridgehead atoms. The minimum Gasteiger partial charge on any atom is -0.465 e. The van der Waals surface area contributed by atoms with Gasteiger partial charge in [0.05, 0.1) is 26.3 Å². The second-order valence-corrected chi connectivity index (χ2v) is 5.18. The third-order valence-electron chi connectivity index (χ3n) is 3.53. The highest BCUT2D eigenvalue weighted by Gasteiger charge is 2.18. The van der Waals surface area contributed by atoms with Gasteiger partial charge in [-0.2, -0.15) is 0 Å². The van der Waals surface area contributed by atoms with Crippen LogP contribution in [0.25, 0.3) is 10.9 Å². The fraction of sp³-hybridized carbons (Fsp3) is 0.412. The standard InChI is InChI=1S/C17H22N2O4/c1-3-23-17(21)12-19(8-9-22-2)11-16(20)14-10-18-15-7-5-4-6-13(14)15/h4-7,10,18H,3,8-9,11-12H2,1-2H3. The molecule has 2 rings (SSSR count). The number of aromatic nitrogens is 1. The lowest BCUT2D eigenvalue weighted by Gasteiger charge is -2.19. The van der Waals surface area contributed by atoms with Gasteiger partial charge < -0.3 is 14.5 Å². The van der Waals surface area contributed by atoms with E-state index in [-0.39, 0.29) is 24.8 Å².